The van der Waals surface area contributed by atoms with Crippen LogP contribution in [0, 0.1) is 11.3 Å². The molecule has 144 valence electrons. The van der Waals surface area contributed by atoms with Gasteiger partial charge in [0.1, 0.15) is 0 Å². The second-order valence-corrected chi connectivity index (χ2v) is 8.42. The van der Waals surface area contributed by atoms with E-state index in [9.17, 15) is 0 Å². The van der Waals surface area contributed by atoms with Crippen molar-refractivity contribution >= 4 is 0 Å². The Morgan fingerprint density at radius 1 is 1.19 bits per heavy atom. The van der Waals surface area contributed by atoms with E-state index in [0.717, 1.165) is 51.4 Å². The fourth-order valence-electron chi connectivity index (χ4n) is 5.53. The molecule has 26 heavy (non-hydrogen) atoms. The predicted octanol–water partition coefficient (Wildman–Crippen LogP) is 2.42. The molecule has 5 nitrogen and oxygen atoms in total. The number of hydrogen-bond acceptors (Lipinski definition) is 5. The van der Waals surface area contributed by atoms with Crippen LogP contribution in [0.2, 0.25) is 0 Å². The molecule has 3 aliphatic rings. The Labute approximate surface area is 157 Å². The molecule has 0 spiro atoms. The van der Waals surface area contributed by atoms with Crippen molar-refractivity contribution in [3.8, 4) is 0 Å². The van der Waals surface area contributed by atoms with Gasteiger partial charge in [0, 0.05) is 57.1 Å². The zero-order chi connectivity index (χ0) is 17.8. The number of likely N-dealkylation sites (tertiary alicyclic amines) is 1. The number of morpholine rings is 1. The van der Waals surface area contributed by atoms with Gasteiger partial charge in [-0.15, -0.1) is 0 Å². The summed E-state index contributed by atoms with van der Waals surface area (Å²) in [6, 6.07) is 5.04. The number of hydrogen-bond donors (Lipinski definition) is 0. The van der Waals surface area contributed by atoms with Crippen LogP contribution in [0.25, 0.3) is 0 Å². The highest BCUT2D eigenvalue weighted by atomic mass is 16.5. The highest BCUT2D eigenvalue weighted by Gasteiger charge is 2.47. The van der Waals surface area contributed by atoms with E-state index in [2.05, 4.69) is 26.9 Å². The van der Waals surface area contributed by atoms with Crippen LogP contribution in [0.5, 0.6) is 0 Å². The average molecular weight is 360 g/mol. The lowest BCUT2D eigenvalue weighted by Crippen LogP contribution is -2.56. The lowest BCUT2D eigenvalue weighted by atomic mass is 9.62. The van der Waals surface area contributed by atoms with Crippen LogP contribution in [-0.4, -0.2) is 73.9 Å². The van der Waals surface area contributed by atoms with E-state index < -0.39 is 0 Å². The smallest absolute Gasteiger partial charge is 0.0594 e. The van der Waals surface area contributed by atoms with Crippen molar-refractivity contribution in [1.29, 1.82) is 0 Å². The van der Waals surface area contributed by atoms with Gasteiger partial charge in [-0.05, 0) is 55.8 Å². The molecule has 2 saturated heterocycles. The number of ether oxygens (including phenoxy) is 2. The monoisotopic (exact) mass is 359 g/mol. The van der Waals surface area contributed by atoms with E-state index in [1.54, 1.807) is 0 Å². The van der Waals surface area contributed by atoms with Crippen molar-refractivity contribution in [3.05, 3.63) is 30.1 Å². The molecular formula is C21H33N3O2. The van der Waals surface area contributed by atoms with Crippen molar-refractivity contribution in [2.45, 2.75) is 38.3 Å². The van der Waals surface area contributed by atoms with E-state index in [-0.39, 0.29) is 0 Å². The van der Waals surface area contributed by atoms with Crippen LogP contribution in [0.1, 0.15) is 31.2 Å². The molecule has 1 saturated carbocycles. The van der Waals surface area contributed by atoms with E-state index >= 15 is 0 Å². The Morgan fingerprint density at radius 3 is 2.77 bits per heavy atom. The molecule has 0 aromatic carbocycles. The minimum Gasteiger partial charge on any atom is -0.384 e. The molecule has 1 aromatic heterocycles. The van der Waals surface area contributed by atoms with E-state index in [4.69, 9.17) is 9.47 Å². The Morgan fingerprint density at radius 2 is 2.00 bits per heavy atom. The number of fused-ring (bicyclic) bond motifs is 1. The maximum Gasteiger partial charge on any atom is 0.0594 e. The summed E-state index contributed by atoms with van der Waals surface area (Å²) in [5.41, 5.74) is 1.70. The Balaban J connectivity index is 1.42. The molecule has 4 rings (SSSR count). The second kappa shape index (κ2) is 8.34. The molecule has 0 amide bonds. The van der Waals surface area contributed by atoms with Gasteiger partial charge in [0.05, 0.1) is 19.8 Å². The zero-order valence-electron chi connectivity index (χ0n) is 16.1. The summed E-state index contributed by atoms with van der Waals surface area (Å²) in [6.45, 7) is 8.35. The van der Waals surface area contributed by atoms with Crippen LogP contribution in [0.15, 0.2) is 24.5 Å². The summed E-state index contributed by atoms with van der Waals surface area (Å²) in [5.74, 6) is 0.790. The Hall–Kier alpha value is -1.01. The number of pyridine rings is 1. The van der Waals surface area contributed by atoms with Crippen LogP contribution in [0.3, 0.4) is 0 Å². The van der Waals surface area contributed by atoms with Crippen molar-refractivity contribution in [2.24, 2.45) is 11.3 Å². The van der Waals surface area contributed by atoms with Crippen LogP contribution in [-0.2, 0) is 16.0 Å². The highest BCUT2D eigenvalue weighted by Crippen LogP contribution is 2.48. The molecule has 0 unspecified atom stereocenters. The normalized spacial score (nSPS) is 33.7. The van der Waals surface area contributed by atoms with Gasteiger partial charge in [0.15, 0.2) is 0 Å². The maximum atomic E-state index is 5.75. The molecule has 2 aliphatic heterocycles. The maximum absolute atomic E-state index is 5.75. The van der Waals surface area contributed by atoms with Gasteiger partial charge < -0.3 is 9.47 Å². The van der Waals surface area contributed by atoms with Crippen molar-refractivity contribution < 1.29 is 9.47 Å². The van der Waals surface area contributed by atoms with Crippen molar-refractivity contribution in [2.75, 3.05) is 53.1 Å². The van der Waals surface area contributed by atoms with E-state index in [1.165, 1.54) is 44.3 Å². The summed E-state index contributed by atoms with van der Waals surface area (Å²) in [7, 11) is 1.88. The minimum atomic E-state index is 0.336. The van der Waals surface area contributed by atoms with Crippen LogP contribution >= 0.6 is 0 Å². The summed E-state index contributed by atoms with van der Waals surface area (Å²) < 4.78 is 11.3. The number of nitrogens with zero attached hydrogens (tertiary/aromatic N) is 3. The number of aromatic nitrogens is 1. The highest BCUT2D eigenvalue weighted by molar-refractivity contribution is 5.10. The van der Waals surface area contributed by atoms with Crippen LogP contribution < -0.4 is 0 Å². The summed E-state index contributed by atoms with van der Waals surface area (Å²) in [4.78, 5) is 9.47. The SMILES string of the molecule is COC[C@@]12CC[C@@H](N3CCOCC3)C[C@H]1CCN(Cc1ccncc1)C2. The number of rotatable bonds is 5. The van der Waals surface area contributed by atoms with Crippen molar-refractivity contribution in [3.63, 3.8) is 0 Å². The van der Waals surface area contributed by atoms with Gasteiger partial charge in [-0.25, -0.2) is 0 Å². The first kappa shape index (κ1) is 18.4. The van der Waals surface area contributed by atoms with Gasteiger partial charge in [-0.2, -0.15) is 0 Å². The number of methoxy groups -OCH3 is 1. The van der Waals surface area contributed by atoms with Gasteiger partial charge in [0.2, 0.25) is 0 Å². The topological polar surface area (TPSA) is 37.8 Å². The second-order valence-electron chi connectivity index (χ2n) is 8.42. The predicted molar refractivity (Wildman–Crippen MR) is 102 cm³/mol. The molecule has 3 heterocycles. The Bertz CT molecular complexity index is 564. The quantitative estimate of drug-likeness (QED) is 0.807. The summed E-state index contributed by atoms with van der Waals surface area (Å²) >= 11 is 0. The number of piperidine rings is 1. The fraction of sp³-hybridized carbons (Fsp3) is 0.762. The molecule has 0 N–H and O–H groups in total. The zero-order valence-corrected chi connectivity index (χ0v) is 16.1. The third kappa shape index (κ3) is 3.96. The molecule has 0 bridgehead atoms. The Kier molecular flexibility index (Phi) is 5.89. The van der Waals surface area contributed by atoms with E-state index in [0.29, 0.717) is 5.41 Å². The van der Waals surface area contributed by atoms with Gasteiger partial charge >= 0.3 is 0 Å². The van der Waals surface area contributed by atoms with E-state index in [1.807, 2.05) is 19.5 Å². The lowest BCUT2D eigenvalue weighted by molar-refractivity contribution is -0.0870. The van der Waals surface area contributed by atoms with Gasteiger partial charge in [-0.3, -0.25) is 14.8 Å². The first-order chi connectivity index (χ1) is 12.8. The molecule has 3 atom stereocenters. The first-order valence-electron chi connectivity index (χ1n) is 10.2. The third-order valence-electron chi connectivity index (χ3n) is 6.88. The molecule has 0 radical (unpaired) electrons. The van der Waals surface area contributed by atoms with Gasteiger partial charge in [0.25, 0.3) is 0 Å². The molecule has 5 heteroatoms. The van der Waals surface area contributed by atoms with Gasteiger partial charge in [-0.1, -0.05) is 0 Å². The molecule has 1 aromatic rings. The summed E-state index contributed by atoms with van der Waals surface area (Å²) in [5, 5.41) is 0. The lowest BCUT2D eigenvalue weighted by Gasteiger charge is -2.54. The first-order valence-corrected chi connectivity index (χ1v) is 10.2. The molecule has 3 fully saturated rings. The van der Waals surface area contributed by atoms with Crippen LogP contribution in [0.4, 0.5) is 0 Å². The third-order valence-corrected chi connectivity index (χ3v) is 6.88. The summed E-state index contributed by atoms with van der Waals surface area (Å²) in [6.07, 6.45) is 9.05. The average Bonchev–Trinajstić information content (AvgIpc) is 2.69. The molecule has 1 aliphatic carbocycles. The minimum absolute atomic E-state index is 0.336. The van der Waals surface area contributed by atoms with Crippen molar-refractivity contribution in [1.82, 2.24) is 14.8 Å². The fourth-order valence-corrected chi connectivity index (χ4v) is 5.53. The largest absolute Gasteiger partial charge is 0.384 e. The molecular weight excluding hydrogens is 326 g/mol. The standard InChI is InChI=1S/C21H33N3O2/c1-25-17-21-6-2-20(24-10-12-26-13-11-24)14-19(21)5-9-23(16-21)15-18-3-7-22-8-4-18/h3-4,7-8,19-20H,2,5-6,9-17H2,1H3/t19-,20-,21+/m1/s1.